The molecule has 5 heteroatoms. The third-order valence-corrected chi connectivity index (χ3v) is 2.77. The summed E-state index contributed by atoms with van der Waals surface area (Å²) < 4.78 is 5.19. The van der Waals surface area contributed by atoms with E-state index in [0.717, 1.165) is 35.9 Å². The van der Waals surface area contributed by atoms with Crippen LogP contribution in [0.1, 0.15) is 18.9 Å². The first-order valence-electron chi connectivity index (χ1n) is 6.73. The molecule has 106 valence electrons. The van der Waals surface area contributed by atoms with Gasteiger partial charge in [0.05, 0.1) is 19.0 Å². The number of hydrogen-bond donors (Lipinski definition) is 2. The minimum Gasteiger partial charge on any atom is -0.380 e. The lowest BCUT2D eigenvalue weighted by Crippen LogP contribution is -2.05. The van der Waals surface area contributed by atoms with Crippen LogP contribution in [0, 0.1) is 0 Å². The third-order valence-electron chi connectivity index (χ3n) is 2.77. The van der Waals surface area contributed by atoms with Crippen molar-refractivity contribution >= 4 is 17.3 Å². The van der Waals surface area contributed by atoms with Crippen molar-refractivity contribution in [3.8, 4) is 0 Å². The first-order chi connectivity index (χ1) is 9.83. The second-order valence-electron chi connectivity index (χ2n) is 4.43. The van der Waals surface area contributed by atoms with Crippen LogP contribution < -0.4 is 10.6 Å². The van der Waals surface area contributed by atoms with Gasteiger partial charge >= 0.3 is 0 Å². The summed E-state index contributed by atoms with van der Waals surface area (Å²) in [5.41, 5.74) is 2.07. The Hall–Kier alpha value is -2.14. The number of hydrogen-bond acceptors (Lipinski definition) is 5. The molecule has 0 radical (unpaired) electrons. The van der Waals surface area contributed by atoms with Crippen LogP contribution in [-0.2, 0) is 11.3 Å². The molecule has 0 bridgehead atoms. The van der Waals surface area contributed by atoms with Crippen LogP contribution in [-0.4, -0.2) is 23.6 Å². The zero-order valence-electron chi connectivity index (χ0n) is 11.9. The van der Waals surface area contributed by atoms with Crippen LogP contribution >= 0.6 is 0 Å². The number of ether oxygens (including phenoxy) is 1. The summed E-state index contributed by atoms with van der Waals surface area (Å²) in [6, 6.07) is 8.00. The van der Waals surface area contributed by atoms with Gasteiger partial charge in [0.2, 0.25) is 0 Å². The molecule has 0 aliphatic carbocycles. The zero-order chi connectivity index (χ0) is 14.2. The van der Waals surface area contributed by atoms with Gasteiger partial charge in [-0.05, 0) is 12.5 Å². The minimum absolute atomic E-state index is 0.560. The molecule has 1 heterocycles. The minimum atomic E-state index is 0.560. The van der Waals surface area contributed by atoms with E-state index in [-0.39, 0.29) is 0 Å². The predicted octanol–water partition coefficient (Wildman–Crippen LogP) is 3.19. The standard InChI is InChI=1S/C15H20N4O/c1-3-8-17-14-9-16-10-15(19-14)18-13-7-5-4-6-12(13)11-20-2/h4-7,9-10H,3,8,11H2,1-2H3,(H2,17,18,19). The molecular formula is C15H20N4O. The van der Waals surface area contributed by atoms with Crippen molar-refractivity contribution in [2.24, 2.45) is 0 Å². The SMILES string of the molecule is CCCNc1cncc(Nc2ccccc2COC)n1. The molecule has 2 N–H and O–H groups in total. The summed E-state index contributed by atoms with van der Waals surface area (Å²) in [4.78, 5) is 8.67. The summed E-state index contributed by atoms with van der Waals surface area (Å²) in [5.74, 6) is 1.50. The average Bonchev–Trinajstić information content (AvgIpc) is 2.48. The van der Waals surface area contributed by atoms with E-state index in [0.29, 0.717) is 6.61 Å². The smallest absolute Gasteiger partial charge is 0.151 e. The van der Waals surface area contributed by atoms with Crippen molar-refractivity contribution in [3.63, 3.8) is 0 Å². The van der Waals surface area contributed by atoms with E-state index in [1.165, 1.54) is 0 Å². The molecule has 1 aromatic carbocycles. The molecule has 0 aliphatic rings. The number of benzene rings is 1. The lowest BCUT2D eigenvalue weighted by atomic mass is 10.2. The van der Waals surface area contributed by atoms with Gasteiger partial charge in [-0.1, -0.05) is 25.1 Å². The van der Waals surface area contributed by atoms with Crippen molar-refractivity contribution in [1.82, 2.24) is 9.97 Å². The van der Waals surface area contributed by atoms with Crippen LogP contribution in [0.2, 0.25) is 0 Å². The number of anilines is 3. The Morgan fingerprint density at radius 2 is 1.95 bits per heavy atom. The molecule has 0 fully saturated rings. The Kier molecular flexibility index (Phi) is 5.32. The fourth-order valence-electron chi connectivity index (χ4n) is 1.83. The third kappa shape index (κ3) is 3.93. The number of nitrogens with zero attached hydrogens (tertiary/aromatic N) is 2. The van der Waals surface area contributed by atoms with Crippen LogP contribution in [0.4, 0.5) is 17.3 Å². The Balaban J connectivity index is 2.13. The van der Waals surface area contributed by atoms with E-state index >= 15 is 0 Å². The highest BCUT2D eigenvalue weighted by Crippen LogP contribution is 2.20. The maximum atomic E-state index is 5.19. The van der Waals surface area contributed by atoms with Gasteiger partial charge in [-0.2, -0.15) is 0 Å². The number of nitrogens with one attached hydrogen (secondary N) is 2. The van der Waals surface area contributed by atoms with Gasteiger partial charge in [0, 0.05) is 24.9 Å². The van der Waals surface area contributed by atoms with Crippen LogP contribution in [0.15, 0.2) is 36.7 Å². The average molecular weight is 272 g/mol. The molecule has 2 rings (SSSR count). The molecule has 0 spiro atoms. The Morgan fingerprint density at radius 1 is 1.15 bits per heavy atom. The Labute approximate surface area is 119 Å². The fourth-order valence-corrected chi connectivity index (χ4v) is 1.83. The molecule has 0 aliphatic heterocycles. The number of rotatable bonds is 7. The van der Waals surface area contributed by atoms with Gasteiger partial charge in [0.1, 0.15) is 5.82 Å². The predicted molar refractivity (Wildman–Crippen MR) is 81.3 cm³/mol. The van der Waals surface area contributed by atoms with Crippen molar-refractivity contribution in [1.29, 1.82) is 0 Å². The van der Waals surface area contributed by atoms with Crippen molar-refractivity contribution < 1.29 is 4.74 Å². The van der Waals surface area contributed by atoms with E-state index in [2.05, 4.69) is 27.5 Å². The first-order valence-corrected chi connectivity index (χ1v) is 6.73. The molecule has 0 saturated carbocycles. The Morgan fingerprint density at radius 3 is 2.75 bits per heavy atom. The maximum absolute atomic E-state index is 5.19. The topological polar surface area (TPSA) is 59.1 Å². The molecule has 5 nitrogen and oxygen atoms in total. The molecule has 0 saturated heterocycles. The summed E-state index contributed by atoms with van der Waals surface area (Å²) in [6.45, 7) is 3.56. The number of methoxy groups -OCH3 is 1. The van der Waals surface area contributed by atoms with Crippen molar-refractivity contribution in [2.45, 2.75) is 20.0 Å². The molecular weight excluding hydrogens is 252 g/mol. The van der Waals surface area contributed by atoms with Gasteiger partial charge in [0.15, 0.2) is 5.82 Å². The lowest BCUT2D eigenvalue weighted by molar-refractivity contribution is 0.185. The summed E-state index contributed by atoms with van der Waals surface area (Å²) in [7, 11) is 1.69. The monoisotopic (exact) mass is 272 g/mol. The van der Waals surface area contributed by atoms with E-state index in [9.17, 15) is 0 Å². The molecule has 20 heavy (non-hydrogen) atoms. The van der Waals surface area contributed by atoms with Gasteiger partial charge in [-0.3, -0.25) is 4.98 Å². The number of aromatic nitrogens is 2. The lowest BCUT2D eigenvalue weighted by Gasteiger charge is -2.11. The van der Waals surface area contributed by atoms with E-state index in [1.807, 2.05) is 24.3 Å². The van der Waals surface area contributed by atoms with Crippen molar-refractivity contribution in [3.05, 3.63) is 42.2 Å². The number of para-hydroxylation sites is 1. The quantitative estimate of drug-likeness (QED) is 0.810. The molecule has 2 aromatic rings. The highest BCUT2D eigenvalue weighted by Gasteiger charge is 2.03. The van der Waals surface area contributed by atoms with E-state index in [4.69, 9.17) is 4.74 Å². The van der Waals surface area contributed by atoms with Crippen LogP contribution in [0.5, 0.6) is 0 Å². The highest BCUT2D eigenvalue weighted by molar-refractivity contribution is 5.60. The fraction of sp³-hybridized carbons (Fsp3) is 0.333. The highest BCUT2D eigenvalue weighted by atomic mass is 16.5. The van der Waals surface area contributed by atoms with Crippen molar-refractivity contribution in [2.75, 3.05) is 24.3 Å². The van der Waals surface area contributed by atoms with Crippen LogP contribution in [0.3, 0.4) is 0 Å². The van der Waals surface area contributed by atoms with Crippen LogP contribution in [0.25, 0.3) is 0 Å². The second-order valence-corrected chi connectivity index (χ2v) is 4.43. The summed E-state index contributed by atoms with van der Waals surface area (Å²) >= 11 is 0. The van der Waals surface area contributed by atoms with E-state index in [1.54, 1.807) is 19.5 Å². The van der Waals surface area contributed by atoms with Gasteiger partial charge in [-0.25, -0.2) is 4.98 Å². The van der Waals surface area contributed by atoms with Gasteiger partial charge in [0.25, 0.3) is 0 Å². The summed E-state index contributed by atoms with van der Waals surface area (Å²) in [6.07, 6.45) is 4.48. The molecule has 0 atom stereocenters. The first kappa shape index (κ1) is 14.3. The molecule has 1 aromatic heterocycles. The summed E-state index contributed by atoms with van der Waals surface area (Å²) in [5, 5.41) is 6.50. The molecule has 0 amide bonds. The largest absolute Gasteiger partial charge is 0.380 e. The van der Waals surface area contributed by atoms with Gasteiger partial charge in [-0.15, -0.1) is 0 Å². The second kappa shape index (κ2) is 7.45. The Bertz CT molecular complexity index is 545. The maximum Gasteiger partial charge on any atom is 0.151 e. The zero-order valence-corrected chi connectivity index (χ0v) is 11.9. The van der Waals surface area contributed by atoms with Gasteiger partial charge < -0.3 is 15.4 Å². The van der Waals surface area contributed by atoms with E-state index < -0.39 is 0 Å². The normalized spacial score (nSPS) is 10.3. The molecule has 0 unspecified atom stereocenters.